The monoisotopic (exact) mass is 295 g/mol. The lowest BCUT2D eigenvalue weighted by molar-refractivity contribution is -0.147. The lowest BCUT2D eigenvalue weighted by Crippen LogP contribution is -2.55. The van der Waals surface area contributed by atoms with E-state index in [0.717, 1.165) is 25.7 Å². The van der Waals surface area contributed by atoms with Gasteiger partial charge in [-0.25, -0.2) is 0 Å². The summed E-state index contributed by atoms with van der Waals surface area (Å²) in [5.41, 5.74) is -0.561. The number of carboxylic acid groups (broad SMARTS) is 1. The molecule has 2 saturated carbocycles. The van der Waals surface area contributed by atoms with Crippen molar-refractivity contribution in [3.63, 3.8) is 0 Å². The molecule has 21 heavy (non-hydrogen) atoms. The first kappa shape index (κ1) is 14.8. The van der Waals surface area contributed by atoms with Crippen LogP contribution in [0.3, 0.4) is 0 Å². The number of fused-ring (bicyclic) bond motifs is 1. The number of hydrogen-bond donors (Lipinski definition) is 2. The van der Waals surface area contributed by atoms with Crippen molar-refractivity contribution >= 4 is 11.9 Å². The van der Waals surface area contributed by atoms with E-state index in [1.807, 2.05) is 4.90 Å². The number of hydrogen-bond acceptors (Lipinski definition) is 3. The first-order valence-electron chi connectivity index (χ1n) is 8.23. The Morgan fingerprint density at radius 1 is 1.05 bits per heavy atom. The lowest BCUT2D eigenvalue weighted by atomic mass is 9.71. The maximum Gasteiger partial charge on any atom is 0.306 e. The third-order valence-corrected chi connectivity index (χ3v) is 5.87. The molecule has 3 fully saturated rings. The van der Waals surface area contributed by atoms with Gasteiger partial charge in [-0.05, 0) is 38.5 Å². The molecular weight excluding hydrogens is 270 g/mol. The largest absolute Gasteiger partial charge is 0.481 e. The molecule has 5 heteroatoms. The molecule has 0 aromatic carbocycles. The van der Waals surface area contributed by atoms with Crippen LogP contribution in [0.1, 0.15) is 51.4 Å². The fourth-order valence-electron chi connectivity index (χ4n) is 4.46. The van der Waals surface area contributed by atoms with Crippen LogP contribution >= 0.6 is 0 Å². The second kappa shape index (κ2) is 5.59. The summed E-state index contributed by atoms with van der Waals surface area (Å²) in [5, 5.41) is 19.7. The Bertz CT molecular complexity index is 438. The van der Waals surface area contributed by atoms with E-state index in [1.54, 1.807) is 0 Å². The number of carbonyl (C=O) groups excluding carboxylic acids is 1. The average molecular weight is 295 g/mol. The molecule has 1 saturated heterocycles. The molecule has 3 rings (SSSR count). The van der Waals surface area contributed by atoms with Crippen molar-refractivity contribution in [1.82, 2.24) is 4.90 Å². The quantitative estimate of drug-likeness (QED) is 0.812. The number of rotatable bonds is 2. The van der Waals surface area contributed by atoms with Gasteiger partial charge in [0, 0.05) is 24.9 Å². The second-order valence-corrected chi connectivity index (χ2v) is 7.13. The summed E-state index contributed by atoms with van der Waals surface area (Å²) in [5.74, 6) is -0.922. The first-order chi connectivity index (χ1) is 9.99. The van der Waals surface area contributed by atoms with Gasteiger partial charge in [0.2, 0.25) is 5.91 Å². The molecule has 0 spiro atoms. The highest BCUT2D eigenvalue weighted by molar-refractivity contribution is 5.81. The summed E-state index contributed by atoms with van der Waals surface area (Å²) in [4.78, 5) is 25.5. The summed E-state index contributed by atoms with van der Waals surface area (Å²) in [6.45, 7) is 1.28. The van der Waals surface area contributed by atoms with Gasteiger partial charge in [0.15, 0.2) is 0 Å². The molecule has 1 heterocycles. The van der Waals surface area contributed by atoms with Crippen molar-refractivity contribution in [2.45, 2.75) is 57.0 Å². The van der Waals surface area contributed by atoms with Crippen molar-refractivity contribution < 1.29 is 19.8 Å². The Kier molecular flexibility index (Phi) is 3.95. The number of carbonyl (C=O) groups is 2. The van der Waals surface area contributed by atoms with E-state index >= 15 is 0 Å². The van der Waals surface area contributed by atoms with Gasteiger partial charge in [0.1, 0.15) is 0 Å². The van der Waals surface area contributed by atoms with Crippen LogP contribution in [0.25, 0.3) is 0 Å². The van der Waals surface area contributed by atoms with Crippen molar-refractivity contribution in [2.24, 2.45) is 17.8 Å². The van der Waals surface area contributed by atoms with E-state index in [-0.39, 0.29) is 23.7 Å². The highest BCUT2D eigenvalue weighted by Crippen LogP contribution is 2.41. The predicted molar refractivity (Wildman–Crippen MR) is 76.6 cm³/mol. The highest BCUT2D eigenvalue weighted by atomic mass is 16.4. The zero-order valence-electron chi connectivity index (χ0n) is 12.5. The number of amides is 1. The Labute approximate surface area is 125 Å². The molecular formula is C16H25NO4. The lowest BCUT2D eigenvalue weighted by Gasteiger charge is -2.47. The summed E-state index contributed by atoms with van der Waals surface area (Å²) >= 11 is 0. The number of nitrogens with zero attached hydrogens (tertiary/aromatic N) is 1. The van der Waals surface area contributed by atoms with Gasteiger partial charge in [-0.2, -0.15) is 0 Å². The van der Waals surface area contributed by atoms with Crippen molar-refractivity contribution in [1.29, 1.82) is 0 Å². The normalized spacial score (nSPS) is 39.9. The van der Waals surface area contributed by atoms with Crippen LogP contribution in [-0.2, 0) is 9.59 Å². The molecule has 0 radical (unpaired) electrons. The standard InChI is InChI=1S/C16H25NO4/c18-14(11-4-5-12(9-11)15(19)20)17-8-7-16(21)6-2-1-3-13(16)10-17/h11-13,21H,1-10H2,(H,19,20). The van der Waals surface area contributed by atoms with Gasteiger partial charge >= 0.3 is 5.97 Å². The van der Waals surface area contributed by atoms with Gasteiger partial charge in [0.25, 0.3) is 0 Å². The predicted octanol–water partition coefficient (Wildman–Crippen LogP) is 1.64. The zero-order chi connectivity index (χ0) is 15.0. The maximum atomic E-state index is 12.6. The van der Waals surface area contributed by atoms with Crippen LogP contribution in [0.15, 0.2) is 0 Å². The summed E-state index contributed by atoms with van der Waals surface area (Å²) in [7, 11) is 0. The molecule has 3 aliphatic rings. The van der Waals surface area contributed by atoms with E-state index in [2.05, 4.69) is 0 Å². The topological polar surface area (TPSA) is 77.8 Å². The van der Waals surface area contributed by atoms with Crippen LogP contribution in [0.5, 0.6) is 0 Å². The van der Waals surface area contributed by atoms with E-state index in [0.29, 0.717) is 38.8 Å². The molecule has 4 atom stereocenters. The van der Waals surface area contributed by atoms with Crippen LogP contribution < -0.4 is 0 Å². The third kappa shape index (κ3) is 2.80. The van der Waals surface area contributed by atoms with Gasteiger partial charge in [-0.15, -0.1) is 0 Å². The molecule has 4 unspecified atom stereocenters. The zero-order valence-corrected chi connectivity index (χ0v) is 12.5. The smallest absolute Gasteiger partial charge is 0.306 e. The van der Waals surface area contributed by atoms with Crippen LogP contribution in [-0.4, -0.2) is 45.7 Å². The van der Waals surface area contributed by atoms with E-state index in [1.165, 1.54) is 0 Å². The number of aliphatic carboxylic acids is 1. The summed E-state index contributed by atoms with van der Waals surface area (Å²) in [6.07, 6.45) is 6.57. The number of carboxylic acids is 1. The molecule has 0 aromatic rings. The SMILES string of the molecule is O=C(O)C1CCC(C(=O)N2CCC3(O)CCCCC3C2)C1. The molecule has 2 N–H and O–H groups in total. The van der Waals surface area contributed by atoms with Crippen molar-refractivity contribution in [2.75, 3.05) is 13.1 Å². The minimum Gasteiger partial charge on any atom is -0.481 e. The fourth-order valence-corrected chi connectivity index (χ4v) is 4.46. The van der Waals surface area contributed by atoms with E-state index in [9.17, 15) is 14.7 Å². The van der Waals surface area contributed by atoms with E-state index < -0.39 is 11.6 Å². The number of likely N-dealkylation sites (tertiary alicyclic amines) is 1. The molecule has 1 aliphatic heterocycles. The van der Waals surface area contributed by atoms with Gasteiger partial charge < -0.3 is 15.1 Å². The van der Waals surface area contributed by atoms with Gasteiger partial charge in [-0.3, -0.25) is 9.59 Å². The molecule has 5 nitrogen and oxygen atoms in total. The number of piperidine rings is 1. The molecule has 0 bridgehead atoms. The summed E-state index contributed by atoms with van der Waals surface area (Å²) in [6, 6.07) is 0. The highest BCUT2D eigenvalue weighted by Gasteiger charge is 2.45. The van der Waals surface area contributed by atoms with Crippen LogP contribution in [0.2, 0.25) is 0 Å². The Morgan fingerprint density at radius 2 is 1.81 bits per heavy atom. The Morgan fingerprint density at radius 3 is 2.52 bits per heavy atom. The van der Waals surface area contributed by atoms with E-state index in [4.69, 9.17) is 5.11 Å². The maximum absolute atomic E-state index is 12.6. The second-order valence-electron chi connectivity index (χ2n) is 7.13. The van der Waals surface area contributed by atoms with Crippen molar-refractivity contribution in [3.05, 3.63) is 0 Å². The fraction of sp³-hybridized carbons (Fsp3) is 0.875. The minimum atomic E-state index is -0.773. The van der Waals surface area contributed by atoms with Crippen LogP contribution in [0, 0.1) is 17.8 Å². The molecule has 2 aliphatic carbocycles. The summed E-state index contributed by atoms with van der Waals surface area (Å²) < 4.78 is 0. The average Bonchev–Trinajstić information content (AvgIpc) is 2.95. The van der Waals surface area contributed by atoms with Gasteiger partial charge in [0.05, 0.1) is 11.5 Å². The molecule has 1 amide bonds. The van der Waals surface area contributed by atoms with Crippen LogP contribution in [0.4, 0.5) is 0 Å². The minimum absolute atomic E-state index is 0.117. The molecule has 0 aromatic heterocycles. The van der Waals surface area contributed by atoms with Gasteiger partial charge in [-0.1, -0.05) is 12.8 Å². The Balaban J connectivity index is 1.60. The number of aliphatic hydroxyl groups is 1. The van der Waals surface area contributed by atoms with Crippen molar-refractivity contribution in [3.8, 4) is 0 Å². The first-order valence-corrected chi connectivity index (χ1v) is 8.23. The molecule has 118 valence electrons. The third-order valence-electron chi connectivity index (χ3n) is 5.87. The Hall–Kier alpha value is -1.10.